The van der Waals surface area contributed by atoms with Crippen molar-refractivity contribution >= 4 is 11.8 Å². The van der Waals surface area contributed by atoms with Crippen LogP contribution in [0.5, 0.6) is 0 Å². The van der Waals surface area contributed by atoms with Gasteiger partial charge in [0.1, 0.15) is 12.1 Å². The van der Waals surface area contributed by atoms with E-state index in [1.54, 1.807) is 0 Å². The van der Waals surface area contributed by atoms with E-state index in [2.05, 4.69) is 12.1 Å². The van der Waals surface area contributed by atoms with E-state index in [1.807, 2.05) is 28.0 Å². The van der Waals surface area contributed by atoms with E-state index in [0.29, 0.717) is 13.1 Å². The summed E-state index contributed by atoms with van der Waals surface area (Å²) < 4.78 is 0. The number of rotatable bonds is 8. The van der Waals surface area contributed by atoms with Gasteiger partial charge < -0.3 is 15.5 Å². The molecule has 1 aromatic rings. The fourth-order valence-corrected chi connectivity index (χ4v) is 4.08. The predicted molar refractivity (Wildman–Crippen MR) is 97.9 cm³/mol. The van der Waals surface area contributed by atoms with Crippen molar-refractivity contribution < 1.29 is 9.59 Å². The van der Waals surface area contributed by atoms with Crippen LogP contribution in [0.25, 0.3) is 0 Å². The highest BCUT2D eigenvalue weighted by atomic mass is 16.2. The maximum Gasteiger partial charge on any atom is 0.246 e. The van der Waals surface area contributed by atoms with Gasteiger partial charge in [-0.25, -0.2) is 0 Å². The summed E-state index contributed by atoms with van der Waals surface area (Å²) in [6.45, 7) is 2.03. The molecule has 0 unspecified atom stereocenters. The average Bonchev–Trinajstić information content (AvgIpc) is 3.12. The Balaban J connectivity index is 1.65. The average molecular weight is 343 g/mol. The maximum absolute atomic E-state index is 12.9. The Morgan fingerprint density at radius 2 is 1.84 bits per heavy atom. The molecule has 25 heavy (non-hydrogen) atoms. The molecule has 2 saturated heterocycles. The summed E-state index contributed by atoms with van der Waals surface area (Å²) in [7, 11) is 0. The first-order valence-corrected chi connectivity index (χ1v) is 9.57. The van der Waals surface area contributed by atoms with Crippen molar-refractivity contribution in [3.63, 3.8) is 0 Å². The molecule has 136 valence electrons. The Kier molecular flexibility index (Phi) is 6.08. The van der Waals surface area contributed by atoms with E-state index in [9.17, 15) is 9.59 Å². The number of hydrogen-bond donors (Lipinski definition) is 1. The molecule has 2 amide bonds. The molecule has 3 rings (SSSR count). The second kappa shape index (κ2) is 8.48. The lowest BCUT2D eigenvalue weighted by atomic mass is 9.99. The molecule has 0 saturated carbocycles. The molecule has 2 heterocycles. The van der Waals surface area contributed by atoms with Crippen LogP contribution in [-0.4, -0.2) is 53.3 Å². The first-order chi connectivity index (χ1) is 12.2. The minimum absolute atomic E-state index is 0.152. The Morgan fingerprint density at radius 1 is 1.04 bits per heavy atom. The molecule has 0 radical (unpaired) electrons. The molecule has 2 aliphatic heterocycles. The summed E-state index contributed by atoms with van der Waals surface area (Å²) in [5.74, 6) is 0.307. The molecular weight excluding hydrogens is 314 g/mol. The molecule has 0 aromatic heterocycles. The lowest BCUT2D eigenvalue weighted by Crippen LogP contribution is -2.62. The standard InChI is InChI=1S/C20H29N3O2/c21-13-5-4-11-17-19(24)23-15-7-12-18(23)20(25)22(17)14-6-10-16-8-2-1-3-9-16/h1-3,8-9,17-18H,4-7,10-15,21H2/t17-,18-/m0/s1. The summed E-state index contributed by atoms with van der Waals surface area (Å²) in [5.41, 5.74) is 6.87. The van der Waals surface area contributed by atoms with Crippen molar-refractivity contribution in [3.05, 3.63) is 35.9 Å². The number of carbonyl (C=O) groups excluding carboxylic acids is 2. The van der Waals surface area contributed by atoms with E-state index in [1.165, 1.54) is 5.56 Å². The first-order valence-electron chi connectivity index (χ1n) is 9.57. The number of unbranched alkanes of at least 4 members (excludes halogenated alkanes) is 1. The molecule has 2 fully saturated rings. The van der Waals surface area contributed by atoms with Crippen LogP contribution in [0.3, 0.4) is 0 Å². The molecule has 2 atom stereocenters. The van der Waals surface area contributed by atoms with Gasteiger partial charge in [0.15, 0.2) is 0 Å². The molecule has 0 spiro atoms. The number of fused-ring (bicyclic) bond motifs is 1. The number of benzene rings is 1. The van der Waals surface area contributed by atoms with Crippen LogP contribution in [0, 0.1) is 0 Å². The van der Waals surface area contributed by atoms with Crippen molar-refractivity contribution in [3.8, 4) is 0 Å². The van der Waals surface area contributed by atoms with Crippen LogP contribution < -0.4 is 5.73 Å². The third-order valence-corrected chi connectivity index (χ3v) is 5.40. The molecule has 5 heteroatoms. The number of piperazine rings is 1. The zero-order valence-electron chi connectivity index (χ0n) is 14.9. The van der Waals surface area contributed by atoms with E-state index >= 15 is 0 Å². The monoisotopic (exact) mass is 343 g/mol. The lowest BCUT2D eigenvalue weighted by molar-refractivity contribution is -0.159. The highest BCUT2D eigenvalue weighted by molar-refractivity contribution is 5.97. The van der Waals surface area contributed by atoms with Crippen molar-refractivity contribution in [2.45, 2.75) is 57.0 Å². The van der Waals surface area contributed by atoms with Crippen LogP contribution >= 0.6 is 0 Å². The van der Waals surface area contributed by atoms with Crippen LogP contribution in [0.2, 0.25) is 0 Å². The molecule has 2 aliphatic rings. The van der Waals surface area contributed by atoms with Crippen LogP contribution in [0.1, 0.15) is 44.1 Å². The minimum Gasteiger partial charge on any atom is -0.330 e. The molecule has 0 aliphatic carbocycles. The van der Waals surface area contributed by atoms with Crippen LogP contribution in [-0.2, 0) is 16.0 Å². The number of carbonyl (C=O) groups is 2. The van der Waals surface area contributed by atoms with Crippen molar-refractivity contribution in [1.82, 2.24) is 9.80 Å². The summed E-state index contributed by atoms with van der Waals surface area (Å²) in [4.78, 5) is 29.5. The highest BCUT2D eigenvalue weighted by Crippen LogP contribution is 2.29. The Morgan fingerprint density at radius 3 is 2.60 bits per heavy atom. The zero-order valence-corrected chi connectivity index (χ0v) is 14.9. The van der Waals surface area contributed by atoms with E-state index in [4.69, 9.17) is 5.73 Å². The fourth-order valence-electron chi connectivity index (χ4n) is 4.08. The second-order valence-electron chi connectivity index (χ2n) is 7.11. The van der Waals surface area contributed by atoms with Gasteiger partial charge in [0.25, 0.3) is 0 Å². The number of amides is 2. The number of nitrogens with two attached hydrogens (primary N) is 1. The van der Waals surface area contributed by atoms with Gasteiger partial charge in [-0.05, 0) is 57.1 Å². The Bertz CT molecular complexity index is 590. The third-order valence-electron chi connectivity index (χ3n) is 5.40. The summed E-state index contributed by atoms with van der Waals surface area (Å²) >= 11 is 0. The first kappa shape index (κ1) is 17.9. The van der Waals surface area contributed by atoms with Gasteiger partial charge in [0, 0.05) is 13.1 Å². The van der Waals surface area contributed by atoms with Crippen LogP contribution in [0.15, 0.2) is 30.3 Å². The molecular formula is C20H29N3O2. The molecule has 5 nitrogen and oxygen atoms in total. The summed E-state index contributed by atoms with van der Waals surface area (Å²) in [6.07, 6.45) is 6.11. The normalized spacial score (nSPS) is 23.2. The second-order valence-corrected chi connectivity index (χ2v) is 7.11. The maximum atomic E-state index is 12.9. The molecule has 0 bridgehead atoms. The number of aryl methyl sites for hydroxylation is 1. The van der Waals surface area contributed by atoms with Gasteiger partial charge in [-0.3, -0.25) is 9.59 Å². The largest absolute Gasteiger partial charge is 0.330 e. The van der Waals surface area contributed by atoms with E-state index < -0.39 is 0 Å². The van der Waals surface area contributed by atoms with Gasteiger partial charge >= 0.3 is 0 Å². The van der Waals surface area contributed by atoms with E-state index in [0.717, 1.165) is 51.5 Å². The fraction of sp³-hybridized carbons (Fsp3) is 0.600. The van der Waals surface area contributed by atoms with Crippen molar-refractivity contribution in [2.24, 2.45) is 5.73 Å². The van der Waals surface area contributed by atoms with Gasteiger partial charge in [-0.15, -0.1) is 0 Å². The Labute approximate surface area is 150 Å². The third kappa shape index (κ3) is 4.03. The van der Waals surface area contributed by atoms with Gasteiger partial charge in [-0.2, -0.15) is 0 Å². The topological polar surface area (TPSA) is 66.6 Å². The smallest absolute Gasteiger partial charge is 0.246 e. The van der Waals surface area contributed by atoms with Gasteiger partial charge in [0.05, 0.1) is 0 Å². The van der Waals surface area contributed by atoms with E-state index in [-0.39, 0.29) is 23.9 Å². The quantitative estimate of drug-likeness (QED) is 0.734. The van der Waals surface area contributed by atoms with Crippen molar-refractivity contribution in [1.29, 1.82) is 0 Å². The summed E-state index contributed by atoms with van der Waals surface area (Å²) in [6, 6.07) is 9.81. The number of nitrogens with zero attached hydrogens (tertiary/aromatic N) is 2. The summed E-state index contributed by atoms with van der Waals surface area (Å²) in [5, 5.41) is 0. The highest BCUT2D eigenvalue weighted by Gasteiger charge is 2.46. The number of hydrogen-bond acceptors (Lipinski definition) is 3. The van der Waals surface area contributed by atoms with Crippen LogP contribution in [0.4, 0.5) is 0 Å². The minimum atomic E-state index is -0.288. The van der Waals surface area contributed by atoms with Gasteiger partial charge in [-0.1, -0.05) is 30.3 Å². The SMILES string of the molecule is NCCCC[C@H]1C(=O)N2CCC[C@H]2C(=O)N1CCCc1ccccc1. The molecule has 2 N–H and O–H groups in total. The lowest BCUT2D eigenvalue weighted by Gasteiger charge is -2.42. The Hall–Kier alpha value is -1.88. The zero-order chi connectivity index (χ0) is 17.6. The predicted octanol–water partition coefficient (Wildman–Crippen LogP) is 1.95. The van der Waals surface area contributed by atoms with Crippen molar-refractivity contribution in [2.75, 3.05) is 19.6 Å². The van der Waals surface area contributed by atoms with Gasteiger partial charge in [0.2, 0.25) is 11.8 Å². The molecule has 1 aromatic carbocycles.